The largest absolute Gasteiger partial charge is 0.337 e. The van der Waals surface area contributed by atoms with E-state index in [-0.39, 0.29) is 0 Å². The van der Waals surface area contributed by atoms with E-state index in [1.54, 1.807) is 6.20 Å². The van der Waals surface area contributed by atoms with Crippen molar-refractivity contribution in [2.45, 2.75) is 40.2 Å². The van der Waals surface area contributed by atoms with Crippen LogP contribution in [0.2, 0.25) is 0 Å². The summed E-state index contributed by atoms with van der Waals surface area (Å²) in [6.45, 7) is 7.24. The third-order valence-electron chi connectivity index (χ3n) is 2.36. The molecule has 2 aromatic rings. The van der Waals surface area contributed by atoms with E-state index < -0.39 is 0 Å². The highest BCUT2D eigenvalue weighted by Gasteiger charge is 2.00. The van der Waals surface area contributed by atoms with Crippen LogP contribution in [-0.2, 0) is 6.54 Å². The van der Waals surface area contributed by atoms with E-state index in [2.05, 4.69) is 27.7 Å². The van der Waals surface area contributed by atoms with Crippen molar-refractivity contribution in [3.8, 4) is 11.3 Å². The molecule has 2 rings (SSSR count). The van der Waals surface area contributed by atoms with Gasteiger partial charge in [-0.25, -0.2) is 4.98 Å². The van der Waals surface area contributed by atoms with E-state index in [0.29, 0.717) is 0 Å². The molecule has 0 amide bonds. The van der Waals surface area contributed by atoms with Crippen molar-refractivity contribution in [2.24, 2.45) is 0 Å². The molecule has 0 aliphatic carbocycles. The smallest absolute Gasteiger partial charge is 0.0953 e. The van der Waals surface area contributed by atoms with Gasteiger partial charge in [0.2, 0.25) is 0 Å². The fourth-order valence-corrected chi connectivity index (χ4v) is 1.49. The highest BCUT2D eigenvalue weighted by atomic mass is 15.0. The maximum atomic E-state index is 4.36. The van der Waals surface area contributed by atoms with Crippen molar-refractivity contribution < 1.29 is 0 Å². The van der Waals surface area contributed by atoms with E-state index in [1.807, 2.05) is 38.5 Å². The van der Waals surface area contributed by atoms with Crippen LogP contribution in [0.25, 0.3) is 11.3 Å². The Hall–Kier alpha value is -1.64. The van der Waals surface area contributed by atoms with Gasteiger partial charge in [0.25, 0.3) is 0 Å². The van der Waals surface area contributed by atoms with Crippen LogP contribution < -0.4 is 0 Å². The predicted octanol–water partition coefficient (Wildman–Crippen LogP) is 3.77. The summed E-state index contributed by atoms with van der Waals surface area (Å²) in [5, 5.41) is 0. The molecule has 0 bridgehead atoms. The summed E-state index contributed by atoms with van der Waals surface area (Å²) in [5.41, 5.74) is 2.08. The number of nitrogens with zero attached hydrogens (tertiary/aromatic N) is 3. The normalized spacial score (nSPS) is 9.59. The van der Waals surface area contributed by atoms with Gasteiger partial charge in [0.05, 0.1) is 12.0 Å². The first-order valence-electron chi connectivity index (χ1n) is 6.32. The van der Waals surface area contributed by atoms with Gasteiger partial charge >= 0.3 is 0 Å². The van der Waals surface area contributed by atoms with Gasteiger partial charge in [0.1, 0.15) is 0 Å². The molecule has 3 heteroatoms. The van der Waals surface area contributed by atoms with Gasteiger partial charge in [0.15, 0.2) is 0 Å². The van der Waals surface area contributed by atoms with Crippen molar-refractivity contribution >= 4 is 0 Å². The third-order valence-corrected chi connectivity index (χ3v) is 2.36. The molecule has 0 spiro atoms. The molecule has 0 aliphatic heterocycles. The Morgan fingerprint density at radius 2 is 2.12 bits per heavy atom. The molecule has 0 saturated carbocycles. The molecule has 0 fully saturated rings. The second-order valence-corrected chi connectivity index (χ2v) is 3.59. The highest BCUT2D eigenvalue weighted by Crippen LogP contribution is 2.14. The van der Waals surface area contributed by atoms with Crippen LogP contribution in [0.1, 0.15) is 33.6 Å². The second-order valence-electron chi connectivity index (χ2n) is 3.59. The average molecular weight is 231 g/mol. The van der Waals surface area contributed by atoms with E-state index in [4.69, 9.17) is 0 Å². The van der Waals surface area contributed by atoms with Crippen LogP contribution in [0.3, 0.4) is 0 Å². The summed E-state index contributed by atoms with van der Waals surface area (Å²) in [6, 6.07) is 3.96. The Morgan fingerprint density at radius 1 is 1.29 bits per heavy atom. The van der Waals surface area contributed by atoms with Crippen molar-refractivity contribution in [1.82, 2.24) is 14.5 Å². The Labute approximate surface area is 104 Å². The highest BCUT2D eigenvalue weighted by molar-refractivity contribution is 5.56. The number of pyridine rings is 1. The standard InChI is InChI=1S/C12H15N3.C2H6/c1-2-3-7-15-9-12(14-10-15)11-5-4-6-13-8-11;1-2/h4-6,8-10H,2-3,7H2,1H3;1-2H3. The van der Waals surface area contributed by atoms with E-state index in [0.717, 1.165) is 17.8 Å². The van der Waals surface area contributed by atoms with Crippen LogP contribution in [0.5, 0.6) is 0 Å². The summed E-state index contributed by atoms with van der Waals surface area (Å²) in [6.07, 6.45) is 9.98. The SMILES string of the molecule is CC.CCCCn1cnc(-c2cccnc2)c1. The zero-order valence-corrected chi connectivity index (χ0v) is 10.9. The number of rotatable bonds is 4. The van der Waals surface area contributed by atoms with E-state index in [9.17, 15) is 0 Å². The van der Waals surface area contributed by atoms with E-state index >= 15 is 0 Å². The minimum absolute atomic E-state index is 0.999. The van der Waals surface area contributed by atoms with Crippen molar-refractivity contribution in [3.05, 3.63) is 37.1 Å². The molecule has 0 aliphatic rings. The fourth-order valence-electron chi connectivity index (χ4n) is 1.49. The maximum absolute atomic E-state index is 4.36. The molecule has 0 saturated heterocycles. The number of hydrogen-bond donors (Lipinski definition) is 0. The fraction of sp³-hybridized carbons (Fsp3) is 0.429. The van der Waals surface area contributed by atoms with Crippen LogP contribution in [0, 0.1) is 0 Å². The summed E-state index contributed by atoms with van der Waals surface area (Å²) >= 11 is 0. The zero-order chi connectivity index (χ0) is 12.5. The molecule has 3 nitrogen and oxygen atoms in total. The molecular weight excluding hydrogens is 210 g/mol. The van der Waals surface area contributed by atoms with Crippen LogP contribution >= 0.6 is 0 Å². The molecule has 92 valence electrons. The van der Waals surface area contributed by atoms with Crippen molar-refractivity contribution in [1.29, 1.82) is 0 Å². The Kier molecular flexibility index (Phi) is 6.00. The number of aromatic nitrogens is 3. The monoisotopic (exact) mass is 231 g/mol. The van der Waals surface area contributed by atoms with Crippen molar-refractivity contribution in [2.75, 3.05) is 0 Å². The topological polar surface area (TPSA) is 30.7 Å². The molecule has 17 heavy (non-hydrogen) atoms. The first-order valence-corrected chi connectivity index (χ1v) is 6.32. The Morgan fingerprint density at radius 3 is 2.76 bits per heavy atom. The molecule has 2 aromatic heterocycles. The summed E-state index contributed by atoms with van der Waals surface area (Å²) < 4.78 is 2.13. The molecule has 0 aromatic carbocycles. The quantitative estimate of drug-likeness (QED) is 0.802. The maximum Gasteiger partial charge on any atom is 0.0953 e. The molecule has 0 atom stereocenters. The number of hydrogen-bond acceptors (Lipinski definition) is 2. The van der Waals surface area contributed by atoms with Crippen LogP contribution in [-0.4, -0.2) is 14.5 Å². The summed E-state index contributed by atoms with van der Waals surface area (Å²) in [5.74, 6) is 0. The molecule has 2 heterocycles. The zero-order valence-electron chi connectivity index (χ0n) is 10.9. The minimum atomic E-state index is 0.999. The van der Waals surface area contributed by atoms with Gasteiger partial charge in [-0.1, -0.05) is 27.2 Å². The summed E-state index contributed by atoms with van der Waals surface area (Å²) in [4.78, 5) is 8.45. The first kappa shape index (κ1) is 13.4. The van der Waals surface area contributed by atoms with E-state index in [1.165, 1.54) is 12.8 Å². The van der Waals surface area contributed by atoms with Gasteiger partial charge in [-0.3, -0.25) is 4.98 Å². The number of aryl methyl sites for hydroxylation is 1. The Bertz CT molecular complexity index is 406. The third kappa shape index (κ3) is 4.02. The van der Waals surface area contributed by atoms with Crippen molar-refractivity contribution in [3.63, 3.8) is 0 Å². The van der Waals surface area contributed by atoms with Gasteiger partial charge in [-0.2, -0.15) is 0 Å². The van der Waals surface area contributed by atoms with Crippen LogP contribution in [0.4, 0.5) is 0 Å². The van der Waals surface area contributed by atoms with Crippen LogP contribution in [0.15, 0.2) is 37.1 Å². The van der Waals surface area contributed by atoms with Gasteiger partial charge < -0.3 is 4.57 Å². The average Bonchev–Trinajstić information content (AvgIpc) is 2.88. The van der Waals surface area contributed by atoms with Gasteiger partial charge in [0, 0.05) is 30.7 Å². The lowest BCUT2D eigenvalue weighted by atomic mass is 10.2. The lowest BCUT2D eigenvalue weighted by Crippen LogP contribution is -1.92. The predicted molar refractivity (Wildman–Crippen MR) is 71.7 cm³/mol. The first-order chi connectivity index (χ1) is 8.40. The summed E-state index contributed by atoms with van der Waals surface area (Å²) in [7, 11) is 0. The number of unbranched alkanes of at least 4 members (excludes halogenated alkanes) is 1. The van der Waals surface area contributed by atoms with Gasteiger partial charge in [-0.05, 0) is 18.6 Å². The molecule has 0 unspecified atom stereocenters. The Balaban J connectivity index is 0.000000686. The molecule has 0 radical (unpaired) electrons. The molecule has 0 N–H and O–H groups in total. The van der Waals surface area contributed by atoms with Gasteiger partial charge in [-0.15, -0.1) is 0 Å². The minimum Gasteiger partial charge on any atom is -0.337 e. The second kappa shape index (κ2) is 7.60. The number of imidazole rings is 1. The lowest BCUT2D eigenvalue weighted by molar-refractivity contribution is 0.631. The lowest BCUT2D eigenvalue weighted by Gasteiger charge is -1.98. The molecular formula is C14H21N3.